The van der Waals surface area contributed by atoms with Crippen LogP contribution in [-0.4, -0.2) is 5.71 Å². The monoisotopic (exact) mass is 203 g/mol. The molecule has 0 aromatic rings. The zero-order valence-electron chi connectivity index (χ0n) is 10.1. The summed E-state index contributed by atoms with van der Waals surface area (Å²) in [6.07, 6.45) is 9.81. The molecule has 1 nitrogen and oxygen atoms in total. The number of rotatable bonds is 4. The Bertz CT molecular complexity index is 318. The molecule has 0 aromatic carbocycles. The lowest BCUT2D eigenvalue weighted by atomic mass is 9.96. The van der Waals surface area contributed by atoms with Crippen LogP contribution in [0, 0.1) is 5.92 Å². The van der Waals surface area contributed by atoms with Crippen molar-refractivity contribution in [3.63, 3.8) is 0 Å². The van der Waals surface area contributed by atoms with Gasteiger partial charge in [0.15, 0.2) is 0 Å². The number of nitrogens with zero attached hydrogens (tertiary/aromatic N) is 1. The van der Waals surface area contributed by atoms with Crippen LogP contribution in [0.5, 0.6) is 0 Å². The Morgan fingerprint density at radius 2 is 2.33 bits per heavy atom. The third kappa shape index (κ3) is 4.28. The van der Waals surface area contributed by atoms with E-state index in [0.29, 0.717) is 5.92 Å². The Labute approximate surface area is 93.3 Å². The molecule has 0 aromatic heterocycles. The van der Waals surface area contributed by atoms with Crippen LogP contribution < -0.4 is 0 Å². The van der Waals surface area contributed by atoms with Crippen LogP contribution in [0.15, 0.2) is 41.1 Å². The predicted octanol–water partition coefficient (Wildman–Crippen LogP) is 4.28. The van der Waals surface area contributed by atoms with Gasteiger partial charge in [-0.3, -0.25) is 4.99 Å². The fourth-order valence-corrected chi connectivity index (χ4v) is 1.53. The highest BCUT2D eigenvalue weighted by Gasteiger charge is 2.04. The number of hydrogen-bond acceptors (Lipinski definition) is 1. The molecule has 1 rings (SSSR count). The molecule has 0 spiro atoms. The summed E-state index contributed by atoms with van der Waals surface area (Å²) in [6.45, 7) is 10.4. The van der Waals surface area contributed by atoms with Gasteiger partial charge in [0, 0.05) is 17.8 Å². The van der Waals surface area contributed by atoms with Gasteiger partial charge in [-0.1, -0.05) is 38.7 Å². The van der Waals surface area contributed by atoms with E-state index in [1.807, 2.05) is 0 Å². The first-order valence-electron chi connectivity index (χ1n) is 5.71. The summed E-state index contributed by atoms with van der Waals surface area (Å²) < 4.78 is 0. The van der Waals surface area contributed by atoms with E-state index in [4.69, 9.17) is 0 Å². The largest absolute Gasteiger partial charge is 0.263 e. The molecule has 1 atom stereocenters. The molecule has 0 bridgehead atoms. The highest BCUT2D eigenvalue weighted by Crippen LogP contribution is 2.20. The molecule has 1 aliphatic rings. The lowest BCUT2D eigenvalue weighted by Crippen LogP contribution is -1.96. The second-order valence-electron chi connectivity index (χ2n) is 4.29. The highest BCUT2D eigenvalue weighted by atomic mass is 14.7. The Morgan fingerprint density at radius 1 is 1.60 bits per heavy atom. The molecule has 0 saturated carbocycles. The second kappa shape index (κ2) is 5.69. The number of hydrogen-bond donors (Lipinski definition) is 0. The van der Waals surface area contributed by atoms with Gasteiger partial charge >= 0.3 is 0 Å². The topological polar surface area (TPSA) is 12.4 Å². The van der Waals surface area contributed by atoms with Crippen LogP contribution in [0.25, 0.3) is 0 Å². The average Bonchev–Trinajstić information content (AvgIpc) is 2.21. The van der Waals surface area contributed by atoms with Gasteiger partial charge in [-0.2, -0.15) is 0 Å². The highest BCUT2D eigenvalue weighted by molar-refractivity contribution is 5.82. The summed E-state index contributed by atoms with van der Waals surface area (Å²) in [5.41, 5.74) is 3.49. The van der Waals surface area contributed by atoms with Gasteiger partial charge in [-0.15, -0.1) is 0 Å². The first-order chi connectivity index (χ1) is 7.11. The third-order valence-corrected chi connectivity index (χ3v) is 2.66. The quantitative estimate of drug-likeness (QED) is 0.605. The lowest BCUT2D eigenvalue weighted by Gasteiger charge is -2.11. The molecule has 82 valence electrons. The lowest BCUT2D eigenvalue weighted by molar-refractivity contribution is 0.727. The molecule has 0 saturated heterocycles. The molecular formula is C14H21N. The van der Waals surface area contributed by atoms with Crippen molar-refractivity contribution in [2.45, 2.75) is 40.0 Å². The molecule has 1 heteroatoms. The van der Waals surface area contributed by atoms with Gasteiger partial charge in [0.2, 0.25) is 0 Å². The van der Waals surface area contributed by atoms with E-state index in [9.17, 15) is 0 Å². The summed E-state index contributed by atoms with van der Waals surface area (Å²) in [5.74, 6) is 0.683. The van der Waals surface area contributed by atoms with Crippen molar-refractivity contribution >= 4 is 5.71 Å². The zero-order valence-corrected chi connectivity index (χ0v) is 10.1. The van der Waals surface area contributed by atoms with E-state index in [2.05, 4.69) is 50.6 Å². The Balaban J connectivity index is 2.50. The van der Waals surface area contributed by atoms with E-state index in [1.54, 1.807) is 0 Å². The minimum Gasteiger partial charge on any atom is -0.263 e. The van der Waals surface area contributed by atoms with Gasteiger partial charge in [0.25, 0.3) is 0 Å². The Hall–Kier alpha value is -1.11. The van der Waals surface area contributed by atoms with Crippen molar-refractivity contribution in [2.75, 3.05) is 0 Å². The average molecular weight is 203 g/mol. The van der Waals surface area contributed by atoms with E-state index in [1.165, 1.54) is 5.57 Å². The van der Waals surface area contributed by atoms with Crippen LogP contribution in [0.1, 0.15) is 40.0 Å². The van der Waals surface area contributed by atoms with Gasteiger partial charge in [0.05, 0.1) is 0 Å². The van der Waals surface area contributed by atoms with E-state index >= 15 is 0 Å². The second-order valence-corrected chi connectivity index (χ2v) is 4.29. The van der Waals surface area contributed by atoms with Crippen molar-refractivity contribution < 1.29 is 0 Å². The Kier molecular flexibility index (Phi) is 4.54. The van der Waals surface area contributed by atoms with Crippen LogP contribution in [-0.2, 0) is 0 Å². The molecule has 0 fully saturated rings. The summed E-state index contributed by atoms with van der Waals surface area (Å²) in [7, 11) is 0. The van der Waals surface area contributed by atoms with Crippen molar-refractivity contribution in [1.82, 2.24) is 0 Å². The fourth-order valence-electron chi connectivity index (χ4n) is 1.53. The zero-order chi connectivity index (χ0) is 11.3. The molecule has 0 radical (unpaired) electrons. The molecule has 0 N–H and O–H groups in total. The molecular weight excluding hydrogens is 182 g/mol. The molecule has 0 aliphatic heterocycles. The van der Waals surface area contributed by atoms with E-state index in [-0.39, 0.29) is 0 Å². The van der Waals surface area contributed by atoms with Crippen LogP contribution in [0.2, 0.25) is 0 Å². The summed E-state index contributed by atoms with van der Waals surface area (Å²) >= 11 is 0. The van der Waals surface area contributed by atoms with Crippen LogP contribution in [0.3, 0.4) is 0 Å². The maximum atomic E-state index is 4.46. The molecule has 1 unspecified atom stereocenters. The predicted molar refractivity (Wildman–Crippen MR) is 68.2 cm³/mol. The summed E-state index contributed by atoms with van der Waals surface area (Å²) in [6, 6.07) is 0. The maximum Gasteiger partial charge on any atom is 0.0374 e. The first-order valence-corrected chi connectivity index (χ1v) is 5.71. The first kappa shape index (κ1) is 12.0. The summed E-state index contributed by atoms with van der Waals surface area (Å²) in [4.78, 5) is 4.46. The third-order valence-electron chi connectivity index (χ3n) is 2.66. The fraction of sp³-hybridized carbons (Fsp3) is 0.500. The minimum atomic E-state index is 0.683. The molecule has 1 aliphatic carbocycles. The van der Waals surface area contributed by atoms with Crippen LogP contribution >= 0.6 is 0 Å². The summed E-state index contributed by atoms with van der Waals surface area (Å²) in [5, 5.41) is 0. The molecule has 0 heterocycles. The van der Waals surface area contributed by atoms with Crippen LogP contribution in [0.4, 0.5) is 0 Å². The Morgan fingerprint density at radius 3 is 2.87 bits per heavy atom. The van der Waals surface area contributed by atoms with E-state index in [0.717, 1.165) is 30.7 Å². The number of allylic oxidation sites excluding steroid dienone is 4. The van der Waals surface area contributed by atoms with Gasteiger partial charge < -0.3 is 0 Å². The normalized spacial score (nSPS) is 21.4. The minimum absolute atomic E-state index is 0.683. The standard InChI is InChI=1S/C14H21N/c1-5-12(3)15-13(4)10-14-8-6-11(2)7-9-14/h6,8-9,11H,4-5,7,10H2,1-3H3. The van der Waals surface area contributed by atoms with Gasteiger partial charge in [-0.05, 0) is 31.3 Å². The number of aliphatic imine (C=N–C) groups is 1. The van der Waals surface area contributed by atoms with Gasteiger partial charge in [-0.25, -0.2) is 0 Å². The van der Waals surface area contributed by atoms with Crippen molar-refractivity contribution in [2.24, 2.45) is 10.9 Å². The van der Waals surface area contributed by atoms with Gasteiger partial charge in [0.1, 0.15) is 0 Å². The smallest absolute Gasteiger partial charge is 0.0374 e. The van der Waals surface area contributed by atoms with Crippen molar-refractivity contribution in [3.8, 4) is 0 Å². The maximum absolute atomic E-state index is 4.46. The SMILES string of the molecule is C=C(CC1=CCC(C)C=C1)N=C(C)CC. The van der Waals surface area contributed by atoms with Crippen molar-refractivity contribution in [3.05, 3.63) is 36.1 Å². The van der Waals surface area contributed by atoms with E-state index < -0.39 is 0 Å². The molecule has 0 amide bonds. The molecule has 15 heavy (non-hydrogen) atoms. The van der Waals surface area contributed by atoms with Crippen molar-refractivity contribution in [1.29, 1.82) is 0 Å².